The van der Waals surface area contributed by atoms with Gasteiger partial charge in [0.25, 0.3) is 0 Å². The standard InChI is InChI=1S/C8H11FN2O/c9-6-2-1-3-7(8(6)10)11-4-5-12/h1-3,11-12H,4-5,10H2. The average Bonchev–Trinajstić information content (AvgIpc) is 2.08. The molecule has 0 atom stereocenters. The maximum Gasteiger partial charge on any atom is 0.148 e. The number of halogens is 1. The normalized spacial score (nSPS) is 9.83. The first kappa shape index (κ1) is 8.80. The molecule has 1 aromatic rings. The van der Waals surface area contributed by atoms with Crippen LogP contribution in [0.15, 0.2) is 18.2 Å². The molecule has 3 nitrogen and oxygen atoms in total. The van der Waals surface area contributed by atoms with Crippen molar-refractivity contribution in [2.24, 2.45) is 0 Å². The fourth-order valence-electron chi connectivity index (χ4n) is 0.882. The van der Waals surface area contributed by atoms with Crippen molar-refractivity contribution in [2.75, 3.05) is 24.2 Å². The summed E-state index contributed by atoms with van der Waals surface area (Å²) in [6, 6.07) is 4.51. The van der Waals surface area contributed by atoms with Gasteiger partial charge in [-0.15, -0.1) is 0 Å². The van der Waals surface area contributed by atoms with E-state index in [1.807, 2.05) is 0 Å². The second-order valence-electron chi connectivity index (χ2n) is 2.35. The van der Waals surface area contributed by atoms with E-state index in [-0.39, 0.29) is 12.3 Å². The molecule has 0 fully saturated rings. The Kier molecular flexibility index (Phi) is 2.88. The fraction of sp³-hybridized carbons (Fsp3) is 0.250. The molecular weight excluding hydrogens is 159 g/mol. The van der Waals surface area contributed by atoms with Crippen molar-refractivity contribution in [3.63, 3.8) is 0 Å². The first-order valence-corrected chi connectivity index (χ1v) is 3.64. The Morgan fingerprint density at radius 2 is 2.25 bits per heavy atom. The van der Waals surface area contributed by atoms with Crippen molar-refractivity contribution in [3.05, 3.63) is 24.0 Å². The summed E-state index contributed by atoms with van der Waals surface area (Å²) in [5, 5.41) is 11.3. The average molecular weight is 170 g/mol. The molecule has 4 heteroatoms. The number of para-hydroxylation sites is 1. The minimum atomic E-state index is -0.446. The first-order chi connectivity index (χ1) is 5.75. The Hall–Kier alpha value is -1.29. The molecule has 0 amide bonds. The SMILES string of the molecule is Nc1c(F)cccc1NCCO. The maximum atomic E-state index is 12.8. The van der Waals surface area contributed by atoms with Gasteiger partial charge >= 0.3 is 0 Å². The first-order valence-electron chi connectivity index (χ1n) is 3.64. The zero-order valence-electron chi connectivity index (χ0n) is 6.55. The molecule has 0 heterocycles. The van der Waals surface area contributed by atoms with Crippen LogP contribution in [0.2, 0.25) is 0 Å². The van der Waals surface area contributed by atoms with Crippen molar-refractivity contribution >= 4 is 11.4 Å². The number of hydrogen-bond donors (Lipinski definition) is 3. The second-order valence-corrected chi connectivity index (χ2v) is 2.35. The van der Waals surface area contributed by atoms with E-state index >= 15 is 0 Å². The summed E-state index contributed by atoms with van der Waals surface area (Å²) in [4.78, 5) is 0. The van der Waals surface area contributed by atoms with Crippen LogP contribution in [0, 0.1) is 5.82 Å². The summed E-state index contributed by atoms with van der Waals surface area (Å²) in [6.07, 6.45) is 0. The number of anilines is 2. The van der Waals surface area contributed by atoms with Gasteiger partial charge in [0, 0.05) is 6.54 Å². The lowest BCUT2D eigenvalue weighted by Crippen LogP contribution is -2.08. The van der Waals surface area contributed by atoms with E-state index in [1.165, 1.54) is 6.07 Å². The Labute approximate surface area is 70.0 Å². The molecule has 12 heavy (non-hydrogen) atoms. The number of nitrogen functional groups attached to an aromatic ring is 1. The van der Waals surface area contributed by atoms with Gasteiger partial charge in [0.05, 0.1) is 18.0 Å². The zero-order valence-corrected chi connectivity index (χ0v) is 6.55. The summed E-state index contributed by atoms with van der Waals surface area (Å²) < 4.78 is 12.8. The molecule has 0 unspecified atom stereocenters. The fourth-order valence-corrected chi connectivity index (χ4v) is 0.882. The zero-order chi connectivity index (χ0) is 8.97. The summed E-state index contributed by atoms with van der Waals surface area (Å²) in [5.41, 5.74) is 6.01. The van der Waals surface area contributed by atoms with Crippen LogP contribution in [0.25, 0.3) is 0 Å². The highest BCUT2D eigenvalue weighted by Gasteiger charge is 2.01. The predicted octanol–water partition coefficient (Wildman–Crippen LogP) is 0.812. The van der Waals surface area contributed by atoms with E-state index in [9.17, 15) is 4.39 Å². The summed E-state index contributed by atoms with van der Waals surface area (Å²) in [5.74, 6) is -0.446. The van der Waals surface area contributed by atoms with Crippen molar-refractivity contribution < 1.29 is 9.50 Å². The Bertz CT molecular complexity index is 265. The number of nitrogens with one attached hydrogen (secondary N) is 1. The second kappa shape index (κ2) is 3.92. The largest absolute Gasteiger partial charge is 0.395 e. The molecular formula is C8H11FN2O. The molecule has 0 spiro atoms. The van der Waals surface area contributed by atoms with Crippen LogP contribution in [-0.2, 0) is 0 Å². The van der Waals surface area contributed by atoms with Gasteiger partial charge in [0.2, 0.25) is 0 Å². The summed E-state index contributed by atoms with van der Waals surface area (Å²) >= 11 is 0. The van der Waals surface area contributed by atoms with Crippen LogP contribution in [-0.4, -0.2) is 18.3 Å². The van der Waals surface area contributed by atoms with Crippen molar-refractivity contribution in [1.29, 1.82) is 0 Å². The molecule has 1 rings (SSSR count). The molecule has 0 radical (unpaired) electrons. The quantitative estimate of drug-likeness (QED) is 0.588. The molecule has 1 aromatic carbocycles. The molecule has 66 valence electrons. The highest BCUT2D eigenvalue weighted by atomic mass is 19.1. The van der Waals surface area contributed by atoms with Crippen molar-refractivity contribution in [1.82, 2.24) is 0 Å². The lowest BCUT2D eigenvalue weighted by molar-refractivity contribution is 0.311. The number of aliphatic hydroxyl groups excluding tert-OH is 1. The van der Waals surface area contributed by atoms with Crippen LogP contribution in [0.1, 0.15) is 0 Å². The van der Waals surface area contributed by atoms with Crippen LogP contribution < -0.4 is 11.1 Å². The van der Waals surface area contributed by atoms with E-state index in [0.717, 1.165) is 0 Å². The monoisotopic (exact) mass is 170 g/mol. The van der Waals surface area contributed by atoms with Crippen LogP contribution in [0.3, 0.4) is 0 Å². The lowest BCUT2D eigenvalue weighted by atomic mass is 10.2. The molecule has 0 aromatic heterocycles. The smallest absolute Gasteiger partial charge is 0.148 e. The third kappa shape index (κ3) is 1.85. The number of rotatable bonds is 3. The summed E-state index contributed by atoms with van der Waals surface area (Å²) in [7, 11) is 0. The van der Waals surface area contributed by atoms with Gasteiger partial charge in [-0.25, -0.2) is 4.39 Å². The minimum Gasteiger partial charge on any atom is -0.395 e. The van der Waals surface area contributed by atoms with Gasteiger partial charge < -0.3 is 16.2 Å². The minimum absolute atomic E-state index is 0.00401. The summed E-state index contributed by atoms with van der Waals surface area (Å²) in [6.45, 7) is 0.365. The van der Waals surface area contributed by atoms with Crippen LogP contribution in [0.4, 0.5) is 15.8 Å². The van der Waals surface area contributed by atoms with Crippen molar-refractivity contribution in [3.8, 4) is 0 Å². The Morgan fingerprint density at radius 3 is 2.92 bits per heavy atom. The van der Waals surface area contributed by atoms with Crippen molar-refractivity contribution in [2.45, 2.75) is 0 Å². The molecule has 0 aliphatic carbocycles. The van der Waals surface area contributed by atoms with E-state index in [4.69, 9.17) is 10.8 Å². The number of benzene rings is 1. The molecule has 4 N–H and O–H groups in total. The highest BCUT2D eigenvalue weighted by molar-refractivity contribution is 5.66. The topological polar surface area (TPSA) is 58.3 Å². The van der Waals surface area contributed by atoms with E-state index in [2.05, 4.69) is 5.32 Å². The Morgan fingerprint density at radius 1 is 1.50 bits per heavy atom. The maximum absolute atomic E-state index is 12.8. The number of nitrogens with two attached hydrogens (primary N) is 1. The van der Waals surface area contributed by atoms with Gasteiger partial charge in [0.1, 0.15) is 5.82 Å². The van der Waals surface area contributed by atoms with E-state index in [1.54, 1.807) is 12.1 Å². The Balaban J connectivity index is 2.78. The van der Waals surface area contributed by atoms with Gasteiger partial charge in [-0.05, 0) is 12.1 Å². The molecule has 0 aliphatic rings. The van der Waals surface area contributed by atoms with Crippen LogP contribution in [0.5, 0.6) is 0 Å². The van der Waals surface area contributed by atoms with Gasteiger partial charge in [-0.1, -0.05) is 6.07 Å². The molecule has 0 aliphatic heterocycles. The highest BCUT2D eigenvalue weighted by Crippen LogP contribution is 2.20. The van der Waals surface area contributed by atoms with Gasteiger partial charge in [0.15, 0.2) is 0 Å². The number of hydrogen-bond acceptors (Lipinski definition) is 3. The van der Waals surface area contributed by atoms with Crippen LogP contribution >= 0.6 is 0 Å². The lowest BCUT2D eigenvalue weighted by Gasteiger charge is -2.07. The van der Waals surface area contributed by atoms with Gasteiger partial charge in [-0.3, -0.25) is 0 Å². The molecule has 0 bridgehead atoms. The van der Waals surface area contributed by atoms with Gasteiger partial charge in [-0.2, -0.15) is 0 Å². The third-order valence-electron chi connectivity index (χ3n) is 1.48. The van der Waals surface area contributed by atoms with E-state index < -0.39 is 5.82 Å². The number of aliphatic hydroxyl groups is 1. The molecule has 0 saturated heterocycles. The predicted molar refractivity (Wildman–Crippen MR) is 46.4 cm³/mol. The molecule has 0 saturated carbocycles. The van der Waals surface area contributed by atoms with E-state index in [0.29, 0.717) is 12.2 Å². The third-order valence-corrected chi connectivity index (χ3v) is 1.48.